The van der Waals surface area contributed by atoms with Gasteiger partial charge in [0.25, 0.3) is 5.56 Å². The first-order valence-corrected chi connectivity index (χ1v) is 5.17. The van der Waals surface area contributed by atoms with E-state index in [2.05, 4.69) is 26.9 Å². The fourth-order valence-corrected chi connectivity index (χ4v) is 1.50. The highest BCUT2D eigenvalue weighted by molar-refractivity contribution is 5.78. The van der Waals surface area contributed by atoms with E-state index in [9.17, 15) is 4.79 Å². The van der Waals surface area contributed by atoms with Crippen molar-refractivity contribution in [3.05, 3.63) is 50.9 Å². The topological polar surface area (TPSA) is 83.7 Å². The lowest BCUT2D eigenvalue weighted by molar-refractivity contribution is 0.843. The smallest absolute Gasteiger partial charge is 0.260 e. The van der Waals surface area contributed by atoms with Gasteiger partial charge in [-0.3, -0.25) is 4.79 Å². The van der Waals surface area contributed by atoms with Gasteiger partial charge in [-0.25, -0.2) is 4.98 Å². The number of hydrogen-bond donors (Lipinski definition) is 0. The van der Waals surface area contributed by atoms with Gasteiger partial charge in [-0.05, 0) is 23.7 Å². The van der Waals surface area contributed by atoms with Crippen LogP contribution >= 0.6 is 0 Å². The van der Waals surface area contributed by atoms with Gasteiger partial charge in [0, 0.05) is 17.5 Å². The molecule has 0 unspecified atom stereocenters. The molecule has 1 aromatic carbocycles. The van der Waals surface area contributed by atoms with Crippen LogP contribution in [0.15, 0.2) is 34.4 Å². The average molecular weight is 239 g/mol. The van der Waals surface area contributed by atoms with Gasteiger partial charge in [0.2, 0.25) is 0 Å². The van der Waals surface area contributed by atoms with Crippen LogP contribution in [-0.4, -0.2) is 16.1 Å². The van der Waals surface area contributed by atoms with Crippen molar-refractivity contribution in [3.8, 4) is 11.8 Å². The highest BCUT2D eigenvalue weighted by atomic mass is 16.1. The summed E-state index contributed by atoms with van der Waals surface area (Å²) in [6, 6.07) is 5.21. The number of aromatic nitrogens is 2. The molecule has 18 heavy (non-hydrogen) atoms. The van der Waals surface area contributed by atoms with Crippen LogP contribution in [0.3, 0.4) is 0 Å². The molecular weight excluding hydrogens is 230 g/mol. The predicted molar refractivity (Wildman–Crippen MR) is 67.9 cm³/mol. The maximum Gasteiger partial charge on any atom is 0.260 e. The number of aryl methyl sites for hydroxylation is 1. The summed E-state index contributed by atoms with van der Waals surface area (Å²) in [6.45, 7) is 0.111. The zero-order valence-electron chi connectivity index (χ0n) is 9.66. The lowest BCUT2D eigenvalue weighted by Gasteiger charge is -2.00. The van der Waals surface area contributed by atoms with E-state index in [1.165, 1.54) is 10.9 Å². The molecule has 1 aromatic heterocycles. The SMILES string of the molecule is Cn1cnc2ccc(C#CCN=[N+]=[N-])cc2c1=O. The van der Waals surface area contributed by atoms with Gasteiger partial charge in [-0.15, -0.1) is 0 Å². The van der Waals surface area contributed by atoms with E-state index >= 15 is 0 Å². The molecule has 88 valence electrons. The van der Waals surface area contributed by atoms with Crippen molar-refractivity contribution in [2.45, 2.75) is 0 Å². The summed E-state index contributed by atoms with van der Waals surface area (Å²) in [5.74, 6) is 5.53. The van der Waals surface area contributed by atoms with Gasteiger partial charge >= 0.3 is 0 Å². The fourth-order valence-electron chi connectivity index (χ4n) is 1.50. The Labute approximate surface area is 103 Å². The van der Waals surface area contributed by atoms with Crippen LogP contribution in [-0.2, 0) is 7.05 Å². The second-order valence-corrected chi connectivity index (χ2v) is 3.58. The number of nitrogens with zero attached hydrogens (tertiary/aromatic N) is 5. The molecule has 0 fully saturated rings. The highest BCUT2D eigenvalue weighted by Crippen LogP contribution is 2.08. The Morgan fingerprint density at radius 2 is 2.39 bits per heavy atom. The van der Waals surface area contributed by atoms with E-state index in [0.29, 0.717) is 16.5 Å². The quantitative estimate of drug-likeness (QED) is 0.327. The third kappa shape index (κ3) is 2.32. The van der Waals surface area contributed by atoms with Gasteiger partial charge in [-0.1, -0.05) is 17.0 Å². The monoisotopic (exact) mass is 239 g/mol. The first-order valence-electron chi connectivity index (χ1n) is 5.17. The Morgan fingerprint density at radius 3 is 3.17 bits per heavy atom. The molecule has 0 saturated heterocycles. The van der Waals surface area contributed by atoms with Crippen molar-refractivity contribution in [2.75, 3.05) is 6.54 Å². The van der Waals surface area contributed by atoms with Crippen LogP contribution in [0.1, 0.15) is 5.56 Å². The zero-order chi connectivity index (χ0) is 13.0. The molecule has 0 aliphatic heterocycles. The van der Waals surface area contributed by atoms with Crippen LogP contribution in [0.4, 0.5) is 0 Å². The summed E-state index contributed by atoms with van der Waals surface area (Å²) in [5, 5.41) is 3.83. The molecule has 0 aliphatic carbocycles. The Morgan fingerprint density at radius 1 is 1.56 bits per heavy atom. The second kappa shape index (κ2) is 5.04. The lowest BCUT2D eigenvalue weighted by atomic mass is 10.1. The molecule has 6 nitrogen and oxygen atoms in total. The van der Waals surface area contributed by atoms with Crippen LogP contribution < -0.4 is 5.56 Å². The van der Waals surface area contributed by atoms with Gasteiger partial charge in [0.1, 0.15) is 0 Å². The average Bonchev–Trinajstić information content (AvgIpc) is 2.39. The number of hydrogen-bond acceptors (Lipinski definition) is 3. The van der Waals surface area contributed by atoms with Crippen molar-refractivity contribution >= 4 is 10.9 Å². The molecule has 2 rings (SSSR count). The maximum atomic E-state index is 11.9. The molecule has 2 aromatic rings. The Bertz CT molecular complexity index is 759. The van der Waals surface area contributed by atoms with Gasteiger partial charge in [0.15, 0.2) is 0 Å². The number of benzene rings is 1. The van der Waals surface area contributed by atoms with Crippen LogP contribution in [0.2, 0.25) is 0 Å². The normalized spacial score (nSPS) is 9.39. The Hall–Kier alpha value is -2.77. The fraction of sp³-hybridized carbons (Fsp3) is 0.167. The van der Waals surface area contributed by atoms with Crippen LogP contribution in [0.25, 0.3) is 21.3 Å². The highest BCUT2D eigenvalue weighted by Gasteiger charge is 2.01. The Balaban J connectivity index is 2.48. The third-order valence-corrected chi connectivity index (χ3v) is 2.36. The molecule has 0 N–H and O–H groups in total. The van der Waals surface area contributed by atoms with Crippen LogP contribution in [0, 0.1) is 11.8 Å². The summed E-state index contributed by atoms with van der Waals surface area (Å²) >= 11 is 0. The summed E-state index contributed by atoms with van der Waals surface area (Å²) in [5.41, 5.74) is 9.33. The molecule has 0 saturated carbocycles. The van der Waals surface area contributed by atoms with E-state index in [1.54, 1.807) is 25.2 Å². The van der Waals surface area contributed by atoms with Gasteiger partial charge < -0.3 is 4.57 Å². The van der Waals surface area contributed by atoms with Gasteiger partial charge in [0.05, 0.1) is 23.8 Å². The molecule has 0 aliphatic rings. The van der Waals surface area contributed by atoms with Crippen molar-refractivity contribution < 1.29 is 0 Å². The van der Waals surface area contributed by atoms with E-state index in [0.717, 1.165) is 0 Å². The molecule has 0 bridgehead atoms. The van der Waals surface area contributed by atoms with Crippen molar-refractivity contribution in [2.24, 2.45) is 12.2 Å². The molecule has 0 amide bonds. The molecule has 0 radical (unpaired) electrons. The summed E-state index contributed by atoms with van der Waals surface area (Å²) in [6.07, 6.45) is 1.48. The van der Waals surface area contributed by atoms with E-state index in [4.69, 9.17) is 5.53 Å². The minimum atomic E-state index is -0.112. The molecule has 1 heterocycles. The Kier molecular flexibility index (Phi) is 3.28. The number of azide groups is 1. The van der Waals surface area contributed by atoms with E-state index < -0.39 is 0 Å². The van der Waals surface area contributed by atoms with Crippen LogP contribution in [0.5, 0.6) is 0 Å². The third-order valence-electron chi connectivity index (χ3n) is 2.36. The number of rotatable bonds is 1. The maximum absolute atomic E-state index is 11.9. The lowest BCUT2D eigenvalue weighted by Crippen LogP contribution is -2.16. The minimum Gasteiger partial charge on any atom is -0.302 e. The largest absolute Gasteiger partial charge is 0.302 e. The first kappa shape index (κ1) is 11.7. The summed E-state index contributed by atoms with van der Waals surface area (Å²) < 4.78 is 1.42. The molecule has 6 heteroatoms. The predicted octanol–water partition coefficient (Wildman–Crippen LogP) is 1.60. The standard InChI is InChI=1S/C12H9N5O/c1-17-8-14-11-5-4-9(3-2-6-15-16-13)7-10(11)12(17)18/h4-5,7-8H,6H2,1H3. The molecule has 0 spiro atoms. The second-order valence-electron chi connectivity index (χ2n) is 3.58. The number of fused-ring (bicyclic) bond motifs is 1. The zero-order valence-corrected chi connectivity index (χ0v) is 9.66. The van der Waals surface area contributed by atoms with Gasteiger partial charge in [-0.2, -0.15) is 0 Å². The minimum absolute atomic E-state index is 0.111. The van der Waals surface area contributed by atoms with Crippen molar-refractivity contribution in [1.82, 2.24) is 9.55 Å². The van der Waals surface area contributed by atoms with E-state index in [-0.39, 0.29) is 12.1 Å². The van der Waals surface area contributed by atoms with Crippen molar-refractivity contribution in [1.29, 1.82) is 0 Å². The summed E-state index contributed by atoms with van der Waals surface area (Å²) in [4.78, 5) is 18.6. The first-order chi connectivity index (χ1) is 8.72. The van der Waals surface area contributed by atoms with Crippen molar-refractivity contribution in [3.63, 3.8) is 0 Å². The summed E-state index contributed by atoms with van der Waals surface area (Å²) in [7, 11) is 1.65. The van der Waals surface area contributed by atoms with E-state index in [1.807, 2.05) is 0 Å². The molecule has 0 atom stereocenters. The molecular formula is C12H9N5O.